The van der Waals surface area contributed by atoms with E-state index >= 15 is 0 Å². The van der Waals surface area contributed by atoms with Crippen LogP contribution in [-0.4, -0.2) is 43.8 Å². The molecule has 0 saturated carbocycles. The van der Waals surface area contributed by atoms with Crippen LogP contribution < -0.4 is 5.32 Å². The second-order valence-electron chi connectivity index (χ2n) is 6.49. The van der Waals surface area contributed by atoms with Gasteiger partial charge in [-0.25, -0.2) is 8.42 Å². The molecule has 1 saturated heterocycles. The second kappa shape index (κ2) is 7.37. The Hall–Kier alpha value is -2.18. The highest BCUT2D eigenvalue weighted by molar-refractivity contribution is 7.91. The summed E-state index contributed by atoms with van der Waals surface area (Å²) in [5.74, 6) is 0.370. The first-order valence-corrected chi connectivity index (χ1v) is 10.1. The lowest BCUT2D eigenvalue weighted by Gasteiger charge is -2.23. The van der Waals surface area contributed by atoms with Gasteiger partial charge in [-0.2, -0.15) is 0 Å². The molecule has 1 aliphatic rings. The average Bonchev–Trinajstić information content (AvgIpc) is 2.96. The molecule has 3 rings (SSSR count). The highest BCUT2D eigenvalue weighted by Gasteiger charge is 2.30. The molecule has 1 aliphatic heterocycles. The van der Waals surface area contributed by atoms with Crippen LogP contribution >= 0.6 is 0 Å². The van der Waals surface area contributed by atoms with E-state index in [2.05, 4.69) is 10.2 Å². The molecule has 1 heterocycles. The fraction of sp³-hybridized carbons (Fsp3) is 0.316. The number of para-hydroxylation sites is 1. The number of nitrogens with zero attached hydrogens (tertiary/aromatic N) is 1. The minimum atomic E-state index is -2.88. The van der Waals surface area contributed by atoms with Crippen LogP contribution in [0.25, 0.3) is 0 Å². The maximum atomic E-state index is 12.2. The summed E-state index contributed by atoms with van der Waals surface area (Å²) in [4.78, 5) is 14.3. The van der Waals surface area contributed by atoms with Crippen LogP contribution in [0.15, 0.2) is 54.6 Å². The van der Waals surface area contributed by atoms with Crippen LogP contribution in [-0.2, 0) is 16.4 Å². The molecule has 132 valence electrons. The Balaban J connectivity index is 1.59. The number of carbonyl (C=O) groups is 1. The summed E-state index contributed by atoms with van der Waals surface area (Å²) in [5.41, 5.74) is 2.42. The first-order chi connectivity index (χ1) is 11.9. The molecular weight excluding hydrogens is 336 g/mol. The van der Waals surface area contributed by atoms with Gasteiger partial charge in [0.25, 0.3) is 5.91 Å². The SMILES string of the molecule is CN(Cc1ccc(C(=O)Nc2ccccc2)cc1)C1CCS(=O)(=O)C1. The monoisotopic (exact) mass is 358 g/mol. The summed E-state index contributed by atoms with van der Waals surface area (Å²) in [5, 5.41) is 2.86. The molecule has 25 heavy (non-hydrogen) atoms. The Morgan fingerprint density at radius 1 is 1.12 bits per heavy atom. The normalized spacial score (nSPS) is 19.0. The van der Waals surface area contributed by atoms with Crippen LogP contribution in [0.5, 0.6) is 0 Å². The number of benzene rings is 2. The maximum absolute atomic E-state index is 12.2. The van der Waals surface area contributed by atoms with Gasteiger partial charge in [0.05, 0.1) is 11.5 Å². The third-order valence-electron chi connectivity index (χ3n) is 4.51. The number of amides is 1. The zero-order chi connectivity index (χ0) is 17.9. The van der Waals surface area contributed by atoms with E-state index in [9.17, 15) is 13.2 Å². The first kappa shape index (κ1) is 17.6. The molecule has 2 aromatic rings. The highest BCUT2D eigenvalue weighted by atomic mass is 32.2. The van der Waals surface area contributed by atoms with Gasteiger partial charge in [-0.05, 0) is 43.3 Å². The quantitative estimate of drug-likeness (QED) is 0.892. The summed E-state index contributed by atoms with van der Waals surface area (Å²) in [6.45, 7) is 0.667. The zero-order valence-corrected chi connectivity index (χ0v) is 15.0. The van der Waals surface area contributed by atoms with Gasteiger partial charge in [0.1, 0.15) is 0 Å². The number of carbonyl (C=O) groups excluding carboxylic acids is 1. The summed E-state index contributed by atoms with van der Waals surface area (Å²) < 4.78 is 23.2. The summed E-state index contributed by atoms with van der Waals surface area (Å²) in [7, 11) is -0.929. The van der Waals surface area contributed by atoms with Gasteiger partial charge < -0.3 is 5.32 Å². The number of rotatable bonds is 5. The third-order valence-corrected chi connectivity index (χ3v) is 6.26. The molecule has 6 heteroatoms. The lowest BCUT2D eigenvalue weighted by molar-refractivity contribution is 0.102. The minimum Gasteiger partial charge on any atom is -0.322 e. The van der Waals surface area contributed by atoms with Gasteiger partial charge in [0, 0.05) is 23.8 Å². The molecule has 1 amide bonds. The first-order valence-electron chi connectivity index (χ1n) is 8.29. The molecule has 0 bridgehead atoms. The number of sulfone groups is 1. The van der Waals surface area contributed by atoms with Crippen molar-refractivity contribution in [2.24, 2.45) is 0 Å². The predicted molar refractivity (Wildman–Crippen MR) is 99.4 cm³/mol. The Bertz CT molecular complexity index is 833. The minimum absolute atomic E-state index is 0.0751. The van der Waals surface area contributed by atoms with Gasteiger partial charge in [-0.3, -0.25) is 9.69 Å². The number of nitrogens with one attached hydrogen (secondary N) is 1. The van der Waals surface area contributed by atoms with E-state index in [1.165, 1.54) is 0 Å². The standard InChI is InChI=1S/C19H22N2O3S/c1-21(18-11-12-25(23,24)14-18)13-15-7-9-16(10-8-15)19(22)20-17-5-3-2-4-6-17/h2-10,18H,11-14H2,1H3,(H,20,22). The van der Waals surface area contributed by atoms with Crippen LogP contribution in [0.4, 0.5) is 5.69 Å². The van der Waals surface area contributed by atoms with E-state index in [1.807, 2.05) is 49.5 Å². The van der Waals surface area contributed by atoms with E-state index in [1.54, 1.807) is 12.1 Å². The molecular formula is C19H22N2O3S. The van der Waals surface area contributed by atoms with Gasteiger partial charge in [0.2, 0.25) is 0 Å². The van der Waals surface area contributed by atoms with E-state index in [0.717, 1.165) is 11.3 Å². The molecule has 1 fully saturated rings. The van der Waals surface area contributed by atoms with Crippen molar-refractivity contribution < 1.29 is 13.2 Å². The fourth-order valence-corrected chi connectivity index (χ4v) is 4.83. The Kier molecular flexibility index (Phi) is 5.20. The van der Waals surface area contributed by atoms with Crippen molar-refractivity contribution in [3.05, 3.63) is 65.7 Å². The Morgan fingerprint density at radius 2 is 1.80 bits per heavy atom. The molecule has 1 N–H and O–H groups in total. The lowest BCUT2D eigenvalue weighted by Crippen LogP contribution is -2.32. The number of anilines is 1. The molecule has 5 nitrogen and oxygen atoms in total. The maximum Gasteiger partial charge on any atom is 0.255 e. The second-order valence-corrected chi connectivity index (χ2v) is 8.72. The van der Waals surface area contributed by atoms with Gasteiger partial charge >= 0.3 is 0 Å². The van der Waals surface area contributed by atoms with Crippen molar-refractivity contribution in [2.75, 3.05) is 23.9 Å². The van der Waals surface area contributed by atoms with Crippen LogP contribution in [0, 0.1) is 0 Å². The van der Waals surface area contributed by atoms with Crippen molar-refractivity contribution in [1.82, 2.24) is 4.90 Å². The van der Waals surface area contributed by atoms with Crippen molar-refractivity contribution in [2.45, 2.75) is 19.0 Å². The van der Waals surface area contributed by atoms with E-state index in [0.29, 0.717) is 18.5 Å². The highest BCUT2D eigenvalue weighted by Crippen LogP contribution is 2.19. The number of hydrogen-bond acceptors (Lipinski definition) is 4. The predicted octanol–water partition coefficient (Wildman–Crippen LogP) is 2.56. The van der Waals surface area contributed by atoms with E-state index in [-0.39, 0.29) is 23.5 Å². The topological polar surface area (TPSA) is 66.5 Å². The number of hydrogen-bond donors (Lipinski definition) is 1. The summed E-state index contributed by atoms with van der Waals surface area (Å²) in [6, 6.07) is 16.8. The molecule has 0 aromatic heterocycles. The molecule has 1 atom stereocenters. The van der Waals surface area contributed by atoms with Gasteiger partial charge in [0.15, 0.2) is 9.84 Å². The summed E-state index contributed by atoms with van der Waals surface area (Å²) in [6.07, 6.45) is 0.691. The average molecular weight is 358 g/mol. The van der Waals surface area contributed by atoms with Gasteiger partial charge in [-0.15, -0.1) is 0 Å². The van der Waals surface area contributed by atoms with Crippen molar-refractivity contribution in [3.63, 3.8) is 0 Å². The molecule has 0 radical (unpaired) electrons. The molecule has 0 spiro atoms. The summed E-state index contributed by atoms with van der Waals surface area (Å²) >= 11 is 0. The fourth-order valence-electron chi connectivity index (χ4n) is 3.03. The van der Waals surface area contributed by atoms with Gasteiger partial charge in [-0.1, -0.05) is 30.3 Å². The smallest absolute Gasteiger partial charge is 0.255 e. The lowest BCUT2D eigenvalue weighted by atomic mass is 10.1. The van der Waals surface area contributed by atoms with Crippen LogP contribution in [0.2, 0.25) is 0 Å². The van der Waals surface area contributed by atoms with Crippen molar-refractivity contribution in [3.8, 4) is 0 Å². The third kappa shape index (κ3) is 4.67. The van der Waals surface area contributed by atoms with Crippen LogP contribution in [0.3, 0.4) is 0 Å². The Morgan fingerprint density at radius 3 is 2.40 bits per heavy atom. The van der Waals surface area contributed by atoms with Crippen LogP contribution in [0.1, 0.15) is 22.3 Å². The molecule has 2 aromatic carbocycles. The van der Waals surface area contributed by atoms with E-state index < -0.39 is 9.84 Å². The Labute approximate surface area is 148 Å². The largest absolute Gasteiger partial charge is 0.322 e. The molecule has 0 aliphatic carbocycles. The van der Waals surface area contributed by atoms with Crippen molar-refractivity contribution >= 4 is 21.4 Å². The van der Waals surface area contributed by atoms with E-state index in [4.69, 9.17) is 0 Å². The zero-order valence-electron chi connectivity index (χ0n) is 14.2. The van der Waals surface area contributed by atoms with Crippen molar-refractivity contribution in [1.29, 1.82) is 0 Å². The molecule has 1 unspecified atom stereocenters.